The van der Waals surface area contributed by atoms with Gasteiger partial charge in [-0.2, -0.15) is 5.10 Å². The number of aromatic amines is 1. The number of aromatic nitrogens is 4. The summed E-state index contributed by atoms with van der Waals surface area (Å²) in [5.74, 6) is -0.279. The van der Waals surface area contributed by atoms with Crippen LogP contribution in [0.4, 0.5) is 10.1 Å². The van der Waals surface area contributed by atoms with E-state index in [1.807, 2.05) is 13.8 Å². The van der Waals surface area contributed by atoms with Crippen molar-refractivity contribution in [2.24, 2.45) is 0 Å². The van der Waals surface area contributed by atoms with Crippen LogP contribution in [0.5, 0.6) is 0 Å². The lowest BCUT2D eigenvalue weighted by molar-refractivity contribution is -0.113. The average Bonchev–Trinajstić information content (AvgIpc) is 2.93. The minimum absolute atomic E-state index is 0.159. The standard InChI is InChI=1S/C17H16FN5OS/c1-10-16(11(2)23-22-10)21-15(24)9-25-17-19-8-7-14(20-17)12-3-5-13(18)6-4-12/h3-8H,9H2,1-2H3,(H,21,24)(H,22,23). The van der Waals surface area contributed by atoms with Crippen molar-refractivity contribution in [1.82, 2.24) is 20.2 Å². The molecule has 0 saturated carbocycles. The predicted octanol–water partition coefficient (Wildman–Crippen LogP) is 3.35. The topological polar surface area (TPSA) is 83.6 Å². The minimum Gasteiger partial charge on any atom is -0.322 e. The summed E-state index contributed by atoms with van der Waals surface area (Å²) in [5, 5.41) is 10.2. The van der Waals surface area contributed by atoms with E-state index >= 15 is 0 Å². The molecule has 6 nitrogen and oxygen atoms in total. The second-order valence-electron chi connectivity index (χ2n) is 5.38. The Balaban J connectivity index is 1.64. The first-order valence-corrected chi connectivity index (χ1v) is 8.54. The van der Waals surface area contributed by atoms with Gasteiger partial charge in [0, 0.05) is 11.8 Å². The van der Waals surface area contributed by atoms with Crippen molar-refractivity contribution in [3.8, 4) is 11.3 Å². The van der Waals surface area contributed by atoms with Crippen LogP contribution in [0.15, 0.2) is 41.7 Å². The van der Waals surface area contributed by atoms with Gasteiger partial charge in [-0.05, 0) is 44.2 Å². The molecule has 0 spiro atoms. The Hall–Kier alpha value is -2.74. The van der Waals surface area contributed by atoms with Crippen LogP contribution >= 0.6 is 11.8 Å². The lowest BCUT2D eigenvalue weighted by Gasteiger charge is -2.06. The zero-order valence-corrected chi connectivity index (χ0v) is 14.5. The van der Waals surface area contributed by atoms with E-state index in [4.69, 9.17) is 0 Å². The van der Waals surface area contributed by atoms with Crippen LogP contribution in [0, 0.1) is 19.7 Å². The molecule has 25 heavy (non-hydrogen) atoms. The van der Waals surface area contributed by atoms with Crippen molar-refractivity contribution >= 4 is 23.4 Å². The zero-order chi connectivity index (χ0) is 17.8. The van der Waals surface area contributed by atoms with E-state index in [2.05, 4.69) is 25.5 Å². The van der Waals surface area contributed by atoms with Crippen molar-refractivity contribution in [1.29, 1.82) is 0 Å². The number of halogens is 1. The highest BCUT2D eigenvalue weighted by Crippen LogP contribution is 2.21. The van der Waals surface area contributed by atoms with Crippen molar-refractivity contribution in [2.45, 2.75) is 19.0 Å². The number of thioether (sulfide) groups is 1. The zero-order valence-electron chi connectivity index (χ0n) is 13.7. The summed E-state index contributed by atoms with van der Waals surface area (Å²) in [4.78, 5) is 20.7. The number of amides is 1. The highest BCUT2D eigenvalue weighted by Gasteiger charge is 2.11. The molecule has 2 aromatic heterocycles. The van der Waals surface area contributed by atoms with E-state index in [1.165, 1.54) is 23.9 Å². The molecule has 3 aromatic rings. The number of anilines is 1. The van der Waals surface area contributed by atoms with E-state index < -0.39 is 0 Å². The summed E-state index contributed by atoms with van der Waals surface area (Å²) in [5.41, 5.74) is 3.72. The quantitative estimate of drug-likeness (QED) is 0.540. The Morgan fingerprint density at radius 3 is 2.68 bits per heavy atom. The number of nitrogens with one attached hydrogen (secondary N) is 2. The number of rotatable bonds is 5. The first-order valence-electron chi connectivity index (χ1n) is 7.56. The van der Waals surface area contributed by atoms with E-state index in [0.29, 0.717) is 16.5 Å². The van der Waals surface area contributed by atoms with Crippen molar-refractivity contribution in [3.63, 3.8) is 0 Å². The van der Waals surface area contributed by atoms with Crippen LogP contribution in [0.1, 0.15) is 11.4 Å². The van der Waals surface area contributed by atoms with Gasteiger partial charge >= 0.3 is 0 Å². The van der Waals surface area contributed by atoms with Crippen LogP contribution in [-0.2, 0) is 4.79 Å². The number of hydrogen-bond acceptors (Lipinski definition) is 5. The van der Waals surface area contributed by atoms with Crippen LogP contribution in [0.3, 0.4) is 0 Å². The Kier molecular flexibility index (Phi) is 5.08. The van der Waals surface area contributed by atoms with Gasteiger partial charge in [-0.1, -0.05) is 11.8 Å². The number of benzene rings is 1. The highest BCUT2D eigenvalue weighted by molar-refractivity contribution is 7.99. The molecule has 0 atom stereocenters. The molecule has 0 saturated heterocycles. The van der Waals surface area contributed by atoms with Gasteiger partial charge < -0.3 is 5.32 Å². The van der Waals surface area contributed by atoms with E-state index in [9.17, 15) is 9.18 Å². The summed E-state index contributed by atoms with van der Waals surface area (Å²) in [6, 6.07) is 7.82. The molecule has 1 aromatic carbocycles. The predicted molar refractivity (Wildman–Crippen MR) is 94.8 cm³/mol. The Morgan fingerprint density at radius 2 is 2.00 bits per heavy atom. The molecular formula is C17H16FN5OS. The Morgan fingerprint density at radius 1 is 1.24 bits per heavy atom. The van der Waals surface area contributed by atoms with E-state index in [-0.39, 0.29) is 17.5 Å². The largest absolute Gasteiger partial charge is 0.322 e. The lowest BCUT2D eigenvalue weighted by atomic mass is 10.1. The van der Waals surface area contributed by atoms with Crippen molar-refractivity contribution in [2.75, 3.05) is 11.1 Å². The molecule has 2 N–H and O–H groups in total. The van der Waals surface area contributed by atoms with Crippen molar-refractivity contribution < 1.29 is 9.18 Å². The molecule has 8 heteroatoms. The third kappa shape index (κ3) is 4.21. The van der Waals surface area contributed by atoms with Crippen LogP contribution < -0.4 is 5.32 Å². The van der Waals surface area contributed by atoms with Gasteiger partial charge in [0.05, 0.1) is 28.5 Å². The van der Waals surface area contributed by atoms with Crippen molar-refractivity contribution in [3.05, 3.63) is 53.7 Å². The summed E-state index contributed by atoms with van der Waals surface area (Å²) in [6.45, 7) is 3.67. The maximum absolute atomic E-state index is 13.0. The lowest BCUT2D eigenvalue weighted by Crippen LogP contribution is -2.15. The molecular weight excluding hydrogens is 341 g/mol. The molecule has 0 aliphatic carbocycles. The third-order valence-electron chi connectivity index (χ3n) is 3.50. The number of aryl methyl sites for hydroxylation is 2. The second kappa shape index (κ2) is 7.43. The average molecular weight is 357 g/mol. The number of H-pyrrole nitrogens is 1. The number of carbonyl (C=O) groups is 1. The molecule has 0 unspecified atom stereocenters. The van der Waals surface area contributed by atoms with Gasteiger partial charge in [0.25, 0.3) is 0 Å². The fourth-order valence-corrected chi connectivity index (χ4v) is 2.86. The molecule has 1 amide bonds. The molecule has 3 rings (SSSR count). The van der Waals surface area contributed by atoms with Gasteiger partial charge in [0.15, 0.2) is 5.16 Å². The van der Waals surface area contributed by atoms with Gasteiger partial charge in [0.1, 0.15) is 5.82 Å². The third-order valence-corrected chi connectivity index (χ3v) is 4.36. The highest BCUT2D eigenvalue weighted by atomic mass is 32.2. The molecule has 128 valence electrons. The van der Waals surface area contributed by atoms with Gasteiger partial charge in [-0.25, -0.2) is 14.4 Å². The Labute approximate surface area is 148 Å². The van der Waals surface area contributed by atoms with Gasteiger partial charge in [-0.15, -0.1) is 0 Å². The van der Waals surface area contributed by atoms with Crippen LogP contribution in [-0.4, -0.2) is 31.8 Å². The SMILES string of the molecule is Cc1n[nH]c(C)c1NC(=O)CSc1nccc(-c2ccc(F)cc2)n1. The molecule has 0 bridgehead atoms. The summed E-state index contributed by atoms with van der Waals surface area (Å²) in [6.07, 6.45) is 1.62. The van der Waals surface area contributed by atoms with Gasteiger partial charge in [0.2, 0.25) is 5.91 Å². The van der Waals surface area contributed by atoms with Crippen LogP contribution in [0.25, 0.3) is 11.3 Å². The maximum atomic E-state index is 13.0. The normalized spacial score (nSPS) is 10.7. The summed E-state index contributed by atoms with van der Waals surface area (Å²) >= 11 is 1.24. The second-order valence-corrected chi connectivity index (χ2v) is 6.32. The van der Waals surface area contributed by atoms with E-state index in [0.717, 1.165) is 17.0 Å². The fourth-order valence-electron chi connectivity index (χ4n) is 2.23. The first kappa shape index (κ1) is 17.1. The minimum atomic E-state index is -0.297. The van der Waals surface area contributed by atoms with Gasteiger partial charge in [-0.3, -0.25) is 9.89 Å². The molecule has 0 fully saturated rings. The smallest absolute Gasteiger partial charge is 0.234 e. The Bertz CT molecular complexity index is 875. The number of nitrogens with zero attached hydrogens (tertiary/aromatic N) is 3. The monoisotopic (exact) mass is 357 g/mol. The van der Waals surface area contributed by atoms with E-state index in [1.54, 1.807) is 24.4 Å². The molecule has 0 aliphatic heterocycles. The maximum Gasteiger partial charge on any atom is 0.234 e. The summed E-state index contributed by atoms with van der Waals surface area (Å²) < 4.78 is 13.0. The number of carbonyl (C=O) groups excluding carboxylic acids is 1. The summed E-state index contributed by atoms with van der Waals surface area (Å²) in [7, 11) is 0. The first-order chi connectivity index (χ1) is 12.0. The molecule has 0 radical (unpaired) electrons. The van der Waals surface area contributed by atoms with Crippen LogP contribution in [0.2, 0.25) is 0 Å². The fraction of sp³-hybridized carbons (Fsp3) is 0.176. The molecule has 2 heterocycles. The number of hydrogen-bond donors (Lipinski definition) is 2. The molecule has 0 aliphatic rings.